The van der Waals surface area contributed by atoms with E-state index >= 15 is 0 Å². The fourth-order valence-electron chi connectivity index (χ4n) is 5.29. The summed E-state index contributed by atoms with van der Waals surface area (Å²) in [6.07, 6.45) is 0. The van der Waals surface area contributed by atoms with E-state index in [0.29, 0.717) is 17.2 Å². The maximum atomic E-state index is 12.9. The van der Waals surface area contributed by atoms with Crippen molar-refractivity contribution in [3.05, 3.63) is 168 Å². The fraction of sp³-hybridized carbons (Fsp3) is 0.159. The molecule has 6 aromatic carbocycles. The van der Waals surface area contributed by atoms with Crippen molar-refractivity contribution in [3.8, 4) is 23.0 Å². The maximum Gasteiger partial charge on any atom is 0.206 e. The third-order valence-electron chi connectivity index (χ3n) is 8.60. The lowest BCUT2D eigenvalue weighted by molar-refractivity contribution is -0.0980. The minimum Gasteiger partial charge on any atom is -0.497 e. The monoisotopic (exact) mass is 748 g/mol. The molecule has 0 aliphatic carbocycles. The number of ether oxygens (including phenoxy) is 3. The number of aryl methyl sites for hydroxylation is 2. The van der Waals surface area contributed by atoms with Crippen molar-refractivity contribution in [2.75, 3.05) is 14.2 Å². The molecule has 1 unspecified atom stereocenters. The molecule has 9 heteroatoms. The molecule has 1 atom stereocenters. The fourth-order valence-corrected chi connectivity index (χ4v) is 7.59. The minimum atomic E-state index is -3.62. The molecule has 7 nitrogen and oxygen atoms in total. The molecule has 0 aliphatic heterocycles. The Hall–Kier alpha value is -5.51. The van der Waals surface area contributed by atoms with Gasteiger partial charge in [-0.2, -0.15) is 0 Å². The maximum absolute atomic E-state index is 12.9. The van der Waals surface area contributed by atoms with Gasteiger partial charge in [0, 0.05) is 15.2 Å². The van der Waals surface area contributed by atoms with Gasteiger partial charge in [0.2, 0.25) is 9.84 Å². The van der Waals surface area contributed by atoms with Crippen LogP contribution in [0, 0.1) is 13.8 Å². The Morgan fingerprint density at radius 2 is 0.792 bits per heavy atom. The van der Waals surface area contributed by atoms with Crippen LogP contribution in [0.25, 0.3) is 0 Å². The van der Waals surface area contributed by atoms with Crippen molar-refractivity contribution < 1.29 is 31.6 Å². The molecule has 0 N–H and O–H groups in total. The van der Waals surface area contributed by atoms with Crippen molar-refractivity contribution in [1.29, 1.82) is 0 Å². The van der Waals surface area contributed by atoms with Crippen LogP contribution in [-0.4, -0.2) is 33.6 Å². The number of sulfone groups is 1. The Kier molecular flexibility index (Phi) is 13.9. The van der Waals surface area contributed by atoms with Gasteiger partial charge in [-0.05, 0) is 122 Å². The Bertz CT molecular complexity index is 2180. The summed E-state index contributed by atoms with van der Waals surface area (Å²) in [4.78, 5) is 10.0. The highest BCUT2D eigenvalue weighted by atomic mass is 32.2. The Morgan fingerprint density at radius 1 is 0.491 bits per heavy atom. The van der Waals surface area contributed by atoms with Crippen molar-refractivity contribution in [3.63, 3.8) is 0 Å². The Labute approximate surface area is 315 Å². The van der Waals surface area contributed by atoms with Crippen LogP contribution in [0.3, 0.4) is 0 Å². The molecule has 6 rings (SSSR count). The second-order valence-electron chi connectivity index (χ2n) is 12.5. The molecular formula is C44H44O7S2. The average molecular weight is 749 g/mol. The first-order valence-electron chi connectivity index (χ1n) is 16.7. The van der Waals surface area contributed by atoms with E-state index in [4.69, 9.17) is 19.0 Å². The zero-order valence-electron chi connectivity index (χ0n) is 30.7. The van der Waals surface area contributed by atoms with E-state index < -0.39 is 20.6 Å². The molecule has 6 aromatic rings. The number of benzene rings is 6. The first kappa shape index (κ1) is 40.3. The lowest BCUT2D eigenvalue weighted by Crippen LogP contribution is -2.18. The van der Waals surface area contributed by atoms with Gasteiger partial charge in [0.1, 0.15) is 29.8 Å². The zero-order chi connectivity index (χ0) is 38.6. The molecule has 0 radical (unpaired) electrons. The van der Waals surface area contributed by atoms with Gasteiger partial charge in [-0.3, -0.25) is 0 Å². The van der Waals surface area contributed by atoms with Gasteiger partial charge in [0.15, 0.2) is 0 Å². The summed E-state index contributed by atoms with van der Waals surface area (Å²) in [6, 6.07) is 44.4. The van der Waals surface area contributed by atoms with Crippen molar-refractivity contribution in [1.82, 2.24) is 0 Å². The lowest BCUT2D eigenvalue weighted by Gasteiger charge is -2.26. The minimum absolute atomic E-state index is 0.135. The first-order valence-corrected chi connectivity index (χ1v) is 19.3. The van der Waals surface area contributed by atoms with E-state index in [0.717, 1.165) is 15.5 Å². The van der Waals surface area contributed by atoms with Crippen molar-refractivity contribution in [2.45, 2.75) is 52.7 Å². The van der Waals surface area contributed by atoms with Gasteiger partial charge in [-0.15, -0.1) is 0 Å². The van der Waals surface area contributed by atoms with Crippen LogP contribution >= 0.6 is 0 Å². The van der Waals surface area contributed by atoms with Gasteiger partial charge in [0.25, 0.3) is 0 Å². The molecule has 0 amide bonds. The molecule has 0 spiro atoms. The molecule has 0 aliphatic rings. The van der Waals surface area contributed by atoms with E-state index in [1.54, 1.807) is 50.6 Å². The molecular weight excluding hydrogens is 705 g/mol. The third kappa shape index (κ3) is 10.3. The van der Waals surface area contributed by atoms with Crippen molar-refractivity contribution >= 4 is 27.4 Å². The van der Waals surface area contributed by atoms with E-state index in [1.165, 1.54) is 34.4 Å². The number of hydrogen-bond donors (Lipinski definition) is 0. The second-order valence-corrected chi connectivity index (χ2v) is 16.0. The summed E-state index contributed by atoms with van der Waals surface area (Å²) >= 11 is 0. The average Bonchev–Trinajstić information content (AvgIpc) is 3.19. The zero-order valence-corrected chi connectivity index (χ0v) is 32.4. The summed E-state index contributed by atoms with van der Waals surface area (Å²) in [6.45, 7) is 10.5. The van der Waals surface area contributed by atoms with E-state index in [9.17, 15) is 12.6 Å². The number of carbonyl (C=O) groups excluding carboxylic acids is 1. The second kappa shape index (κ2) is 18.3. The third-order valence-corrected chi connectivity index (χ3v) is 11.8. The molecule has 0 bridgehead atoms. The number of rotatable bonds is 10. The summed E-state index contributed by atoms with van der Waals surface area (Å²) in [5.41, 5.74) is 4.71. The van der Waals surface area contributed by atoms with Crippen LogP contribution in [0.5, 0.6) is 23.0 Å². The quantitative estimate of drug-likeness (QED) is 0.138. The van der Waals surface area contributed by atoms with Gasteiger partial charge in [0.05, 0.1) is 34.8 Å². The highest BCUT2D eigenvalue weighted by molar-refractivity contribution is 7.91. The van der Waals surface area contributed by atoms with Crippen LogP contribution in [0.15, 0.2) is 165 Å². The molecule has 0 saturated carbocycles. The predicted molar refractivity (Wildman–Crippen MR) is 211 cm³/mol. The highest BCUT2D eigenvalue weighted by Crippen LogP contribution is 2.34. The molecule has 0 heterocycles. The summed E-state index contributed by atoms with van der Waals surface area (Å²) in [7, 11) is -1.58. The Balaban J connectivity index is 0.000000276. The SMILES string of the molecule is C=O.COc1ccc(S(=O)(=O)c2ccc(Oc3ccc(C(C)(C)c4ccc(C)cc4)cc3)cc2)cc1.COc1ccc(S(=O)c2ccc(C)cc2)cc1. The normalized spacial score (nSPS) is 11.5. The summed E-state index contributed by atoms with van der Waals surface area (Å²) < 4.78 is 54.1. The van der Waals surface area contributed by atoms with Gasteiger partial charge < -0.3 is 19.0 Å². The molecule has 0 saturated heterocycles. The first-order chi connectivity index (χ1) is 25.4. The molecule has 53 heavy (non-hydrogen) atoms. The van der Waals surface area contributed by atoms with Crippen LogP contribution in [0.1, 0.15) is 36.1 Å². The van der Waals surface area contributed by atoms with Crippen LogP contribution in [0.4, 0.5) is 0 Å². The van der Waals surface area contributed by atoms with Crippen LogP contribution < -0.4 is 14.2 Å². The number of methoxy groups -OCH3 is 2. The van der Waals surface area contributed by atoms with E-state index in [-0.39, 0.29) is 15.2 Å². The molecule has 274 valence electrons. The summed E-state index contributed by atoms with van der Waals surface area (Å²) in [5, 5.41) is 0. The van der Waals surface area contributed by atoms with Crippen LogP contribution in [-0.2, 0) is 30.8 Å². The largest absolute Gasteiger partial charge is 0.497 e. The van der Waals surface area contributed by atoms with Gasteiger partial charge in [-0.1, -0.05) is 73.5 Å². The smallest absolute Gasteiger partial charge is 0.206 e. The Morgan fingerprint density at radius 3 is 1.19 bits per heavy atom. The van der Waals surface area contributed by atoms with E-state index in [1.807, 2.05) is 74.4 Å². The van der Waals surface area contributed by atoms with E-state index in [2.05, 4.69) is 57.2 Å². The topological polar surface area (TPSA) is 96.0 Å². The van der Waals surface area contributed by atoms with Gasteiger partial charge >= 0.3 is 0 Å². The molecule has 0 aromatic heterocycles. The summed E-state index contributed by atoms with van der Waals surface area (Å²) in [5.74, 6) is 2.64. The van der Waals surface area contributed by atoms with Crippen molar-refractivity contribution in [2.24, 2.45) is 0 Å². The predicted octanol–water partition coefficient (Wildman–Crippen LogP) is 9.94. The lowest BCUT2D eigenvalue weighted by atomic mass is 9.78. The number of hydrogen-bond acceptors (Lipinski definition) is 7. The highest BCUT2D eigenvalue weighted by Gasteiger charge is 2.23. The number of carbonyl (C=O) groups is 1. The standard InChI is InChI=1S/C29H28O4S.C14H14O2S.CH2O/c1-21-5-7-22(8-6-21)29(2,3)23-9-11-25(12-10-23)33-26-15-19-28(20-16-26)34(30,31)27-17-13-24(32-4)14-18-27;1-11-3-7-13(8-4-11)17(15)14-9-5-12(16-2)6-10-14;1-2/h5-20H,1-4H3;3-10H,1-2H3;1H2. The molecule has 0 fully saturated rings. The van der Waals surface area contributed by atoms with Crippen LogP contribution in [0.2, 0.25) is 0 Å². The van der Waals surface area contributed by atoms with Gasteiger partial charge in [-0.25, -0.2) is 12.6 Å².